The van der Waals surface area contributed by atoms with Crippen LogP contribution < -0.4 is 9.62 Å². The summed E-state index contributed by atoms with van der Waals surface area (Å²) in [6, 6.07) is 11.8. The first-order chi connectivity index (χ1) is 14.4. The average molecular weight is 442 g/mol. The molecule has 0 unspecified atom stereocenters. The normalized spacial score (nSPS) is 15.5. The molecule has 0 saturated carbocycles. The smallest absolute Gasteiger partial charge is 0.241 e. The molecular formula is C22H23N3O3S2. The van der Waals surface area contributed by atoms with E-state index < -0.39 is 16.1 Å². The number of sulfonamides is 1. The molecule has 1 aliphatic rings. The van der Waals surface area contributed by atoms with Crippen LogP contribution >= 0.6 is 11.3 Å². The number of rotatable bonds is 7. The van der Waals surface area contributed by atoms with Crippen molar-refractivity contribution in [3.05, 3.63) is 76.2 Å². The lowest BCUT2D eigenvalue weighted by molar-refractivity contribution is -0.117. The van der Waals surface area contributed by atoms with Crippen LogP contribution in [0.2, 0.25) is 0 Å². The molecule has 2 aromatic heterocycles. The fourth-order valence-corrected chi connectivity index (χ4v) is 5.56. The molecule has 3 heterocycles. The van der Waals surface area contributed by atoms with E-state index in [0.717, 1.165) is 23.2 Å². The second kappa shape index (κ2) is 8.67. The van der Waals surface area contributed by atoms with Crippen molar-refractivity contribution in [1.82, 2.24) is 9.71 Å². The van der Waals surface area contributed by atoms with Crippen molar-refractivity contribution in [3.63, 3.8) is 0 Å². The van der Waals surface area contributed by atoms with Crippen molar-refractivity contribution in [3.8, 4) is 0 Å². The number of amides is 1. The Morgan fingerprint density at radius 2 is 2.00 bits per heavy atom. The minimum atomic E-state index is -3.77. The van der Waals surface area contributed by atoms with Crippen molar-refractivity contribution < 1.29 is 13.2 Å². The molecular weight excluding hydrogens is 418 g/mol. The average Bonchev–Trinajstić information content (AvgIpc) is 3.39. The first-order valence-corrected chi connectivity index (χ1v) is 12.2. The van der Waals surface area contributed by atoms with Crippen LogP contribution in [-0.4, -0.2) is 25.9 Å². The summed E-state index contributed by atoms with van der Waals surface area (Å²) >= 11 is 1.58. The first-order valence-electron chi connectivity index (χ1n) is 9.79. The Morgan fingerprint density at radius 1 is 1.20 bits per heavy atom. The van der Waals surface area contributed by atoms with Gasteiger partial charge in [-0.2, -0.15) is 11.3 Å². The summed E-state index contributed by atoms with van der Waals surface area (Å²) in [4.78, 5) is 18.2. The maximum atomic E-state index is 13.1. The number of pyridine rings is 1. The zero-order valence-corrected chi connectivity index (χ0v) is 18.2. The van der Waals surface area contributed by atoms with Crippen LogP contribution in [0.5, 0.6) is 0 Å². The Balaban J connectivity index is 1.60. The molecule has 0 spiro atoms. The molecule has 1 atom stereocenters. The number of hydrogen-bond acceptors (Lipinski definition) is 5. The van der Waals surface area contributed by atoms with Gasteiger partial charge in [0.15, 0.2) is 0 Å². The van der Waals surface area contributed by atoms with E-state index in [1.54, 1.807) is 46.7 Å². The van der Waals surface area contributed by atoms with Gasteiger partial charge in [0.2, 0.25) is 15.9 Å². The molecule has 1 N–H and O–H groups in total. The molecule has 0 bridgehead atoms. The Kier molecular flexibility index (Phi) is 5.99. The van der Waals surface area contributed by atoms with Gasteiger partial charge in [0, 0.05) is 24.8 Å². The number of nitrogens with zero attached hydrogens (tertiary/aromatic N) is 2. The molecule has 3 aromatic rings. The van der Waals surface area contributed by atoms with Crippen molar-refractivity contribution in [2.45, 2.75) is 37.1 Å². The number of hydrogen-bond donors (Lipinski definition) is 1. The third-order valence-corrected chi connectivity index (χ3v) is 7.45. The van der Waals surface area contributed by atoms with Gasteiger partial charge >= 0.3 is 0 Å². The van der Waals surface area contributed by atoms with Crippen LogP contribution in [0.15, 0.2) is 64.3 Å². The van der Waals surface area contributed by atoms with Gasteiger partial charge in [0.05, 0.1) is 16.6 Å². The lowest BCUT2D eigenvalue weighted by Crippen LogP contribution is -2.31. The van der Waals surface area contributed by atoms with Gasteiger partial charge in [-0.3, -0.25) is 9.78 Å². The molecule has 1 fully saturated rings. The van der Waals surface area contributed by atoms with Crippen molar-refractivity contribution in [2.75, 3.05) is 11.4 Å². The second-order valence-corrected chi connectivity index (χ2v) is 9.85. The molecule has 1 aromatic carbocycles. The Labute approximate surface area is 180 Å². The van der Waals surface area contributed by atoms with Crippen molar-refractivity contribution >= 4 is 33.0 Å². The van der Waals surface area contributed by atoms with E-state index in [0.29, 0.717) is 25.1 Å². The summed E-state index contributed by atoms with van der Waals surface area (Å²) < 4.78 is 29.1. The van der Waals surface area contributed by atoms with Gasteiger partial charge in [-0.25, -0.2) is 13.1 Å². The molecule has 1 aliphatic heterocycles. The molecule has 8 heteroatoms. The van der Waals surface area contributed by atoms with Crippen LogP contribution in [-0.2, 0) is 21.2 Å². The number of anilines is 1. The zero-order valence-electron chi connectivity index (χ0n) is 16.6. The molecule has 6 nitrogen and oxygen atoms in total. The molecule has 1 saturated heterocycles. The lowest BCUT2D eigenvalue weighted by Gasteiger charge is -2.20. The van der Waals surface area contributed by atoms with Crippen LogP contribution in [0, 0.1) is 6.92 Å². The number of aryl methyl sites for hydroxylation is 1. The van der Waals surface area contributed by atoms with E-state index in [9.17, 15) is 13.2 Å². The summed E-state index contributed by atoms with van der Waals surface area (Å²) in [7, 11) is -3.77. The monoisotopic (exact) mass is 441 g/mol. The van der Waals surface area contributed by atoms with Crippen molar-refractivity contribution in [1.29, 1.82) is 0 Å². The number of aromatic nitrogens is 1. The first kappa shape index (κ1) is 20.7. The molecule has 0 aliphatic carbocycles. The van der Waals surface area contributed by atoms with Crippen LogP contribution in [0.1, 0.15) is 35.7 Å². The Bertz CT molecular complexity index is 1130. The minimum Gasteiger partial charge on any atom is -0.312 e. The fraction of sp³-hybridized carbons (Fsp3) is 0.273. The lowest BCUT2D eigenvalue weighted by atomic mass is 10.0. The maximum absolute atomic E-state index is 13.1. The summed E-state index contributed by atoms with van der Waals surface area (Å²) in [5.41, 5.74) is 3.43. The summed E-state index contributed by atoms with van der Waals surface area (Å²) in [5.74, 6) is 0.0742. The third-order valence-electron chi connectivity index (χ3n) is 5.23. The van der Waals surface area contributed by atoms with Gasteiger partial charge in [-0.15, -0.1) is 0 Å². The van der Waals surface area contributed by atoms with E-state index in [4.69, 9.17) is 0 Å². The van der Waals surface area contributed by atoms with Gasteiger partial charge < -0.3 is 4.90 Å². The van der Waals surface area contributed by atoms with Crippen molar-refractivity contribution in [2.24, 2.45) is 0 Å². The predicted molar refractivity (Wildman–Crippen MR) is 118 cm³/mol. The van der Waals surface area contributed by atoms with Gasteiger partial charge in [-0.05, 0) is 78.1 Å². The molecule has 1 amide bonds. The topological polar surface area (TPSA) is 79.4 Å². The fourth-order valence-electron chi connectivity index (χ4n) is 3.68. The standard InChI is InChI=1S/C22H23N3O3S2/c1-16-4-2-11-23-22(16)20(14-17-10-13-29-15-17)24-30(27,28)19-8-6-18(7-9-19)25-12-3-5-21(25)26/h2,4,6-11,13,15,20,24H,3,5,12,14H2,1H3/t20-/m0/s1. The van der Waals surface area contributed by atoms with Gasteiger partial charge in [0.25, 0.3) is 0 Å². The SMILES string of the molecule is Cc1cccnc1[C@H](Cc1ccsc1)NS(=O)(=O)c1ccc(N2CCCC2=O)cc1. The number of nitrogens with one attached hydrogen (secondary N) is 1. The Hall–Kier alpha value is -2.55. The predicted octanol–water partition coefficient (Wildman–Crippen LogP) is 3.84. The third kappa shape index (κ3) is 4.45. The molecule has 4 rings (SSSR count). The molecule has 0 radical (unpaired) electrons. The molecule has 156 valence electrons. The minimum absolute atomic E-state index is 0.0742. The quantitative estimate of drug-likeness (QED) is 0.604. The van der Waals surface area contributed by atoms with E-state index in [1.807, 2.05) is 35.9 Å². The largest absolute Gasteiger partial charge is 0.312 e. The van der Waals surface area contributed by atoms with Crippen LogP contribution in [0.3, 0.4) is 0 Å². The summed E-state index contributed by atoms with van der Waals surface area (Å²) in [6.45, 7) is 2.60. The summed E-state index contributed by atoms with van der Waals surface area (Å²) in [5, 5.41) is 3.99. The van der Waals surface area contributed by atoms with Crippen LogP contribution in [0.4, 0.5) is 5.69 Å². The highest BCUT2D eigenvalue weighted by Crippen LogP contribution is 2.26. The van der Waals surface area contributed by atoms with Gasteiger partial charge in [0.1, 0.15) is 0 Å². The van der Waals surface area contributed by atoms with Gasteiger partial charge in [-0.1, -0.05) is 6.07 Å². The number of carbonyl (C=O) groups is 1. The molecule has 30 heavy (non-hydrogen) atoms. The van der Waals surface area contributed by atoms with E-state index in [-0.39, 0.29) is 10.8 Å². The van der Waals surface area contributed by atoms with E-state index >= 15 is 0 Å². The second-order valence-electron chi connectivity index (χ2n) is 7.36. The highest BCUT2D eigenvalue weighted by atomic mass is 32.2. The van der Waals surface area contributed by atoms with E-state index in [2.05, 4.69) is 9.71 Å². The highest BCUT2D eigenvalue weighted by molar-refractivity contribution is 7.89. The number of thiophene rings is 1. The summed E-state index contributed by atoms with van der Waals surface area (Å²) in [6.07, 6.45) is 3.56. The van der Waals surface area contributed by atoms with E-state index in [1.165, 1.54) is 0 Å². The number of carbonyl (C=O) groups excluding carboxylic acids is 1. The Morgan fingerprint density at radius 3 is 2.63 bits per heavy atom. The maximum Gasteiger partial charge on any atom is 0.241 e. The highest BCUT2D eigenvalue weighted by Gasteiger charge is 2.25. The zero-order chi connectivity index (χ0) is 21.1. The number of benzene rings is 1. The van der Waals surface area contributed by atoms with Crippen LogP contribution in [0.25, 0.3) is 0 Å².